The second kappa shape index (κ2) is 4.10. The number of benzene rings is 1. The zero-order chi connectivity index (χ0) is 12.6. The van der Waals surface area contributed by atoms with Crippen molar-refractivity contribution in [3.63, 3.8) is 0 Å². The van der Waals surface area contributed by atoms with Gasteiger partial charge >= 0.3 is 0 Å². The van der Waals surface area contributed by atoms with Gasteiger partial charge < -0.3 is 5.21 Å². The molecule has 90 valence electrons. The number of hydrogen-bond donors (Lipinski definition) is 2. The Morgan fingerprint density at radius 2 is 2.12 bits per heavy atom. The largest absolute Gasteiger partial charge is 0.315 e. The van der Waals surface area contributed by atoms with Crippen molar-refractivity contribution < 1.29 is 10.0 Å². The average molecular weight is 254 g/mol. The number of carbonyl (C=O) groups excluding carboxylic acids is 1. The Labute approximate surface area is 104 Å². The van der Waals surface area contributed by atoms with Crippen LogP contribution >= 0.6 is 11.6 Å². The Morgan fingerprint density at radius 1 is 1.47 bits per heavy atom. The number of nitrogens with one attached hydrogen (secondary N) is 1. The molecule has 0 saturated carbocycles. The van der Waals surface area contributed by atoms with Gasteiger partial charge in [0.15, 0.2) is 5.54 Å². The third kappa shape index (κ3) is 1.72. The predicted molar refractivity (Wildman–Crippen MR) is 65.4 cm³/mol. The van der Waals surface area contributed by atoms with Gasteiger partial charge in [-0.3, -0.25) is 4.79 Å². The van der Waals surface area contributed by atoms with E-state index in [4.69, 9.17) is 16.8 Å². The lowest BCUT2D eigenvalue weighted by Gasteiger charge is -2.21. The van der Waals surface area contributed by atoms with Crippen molar-refractivity contribution in [1.29, 1.82) is 0 Å². The Hall–Kier alpha value is -1.43. The number of anilines is 1. The van der Waals surface area contributed by atoms with Crippen LogP contribution < -0.4 is 10.5 Å². The topological polar surface area (TPSA) is 64.9 Å². The summed E-state index contributed by atoms with van der Waals surface area (Å²) in [6.45, 7) is 3.23. The van der Waals surface area contributed by atoms with Crippen LogP contribution in [0.5, 0.6) is 0 Å². The summed E-state index contributed by atoms with van der Waals surface area (Å²) in [5.74, 6) is -0.370. The summed E-state index contributed by atoms with van der Waals surface area (Å²) in [6, 6.07) is 6.91. The fourth-order valence-corrected chi connectivity index (χ4v) is 1.79. The number of nitrogens with zero attached hydrogens (tertiary/aromatic N) is 2. The first-order valence-electron chi connectivity index (χ1n) is 5.06. The third-order valence-electron chi connectivity index (χ3n) is 2.90. The van der Waals surface area contributed by atoms with E-state index in [-0.39, 0.29) is 5.91 Å². The number of para-hydroxylation sites is 1. The molecule has 1 aliphatic rings. The van der Waals surface area contributed by atoms with Crippen LogP contribution in [0.25, 0.3) is 0 Å². The Balaban J connectivity index is 2.45. The van der Waals surface area contributed by atoms with E-state index >= 15 is 0 Å². The van der Waals surface area contributed by atoms with Gasteiger partial charge in [-0.05, 0) is 26.0 Å². The van der Waals surface area contributed by atoms with Crippen LogP contribution in [0, 0.1) is 0 Å². The van der Waals surface area contributed by atoms with E-state index in [2.05, 4.69) is 5.10 Å². The van der Waals surface area contributed by atoms with Crippen LogP contribution in [0.1, 0.15) is 13.8 Å². The molecule has 2 rings (SSSR count). The van der Waals surface area contributed by atoms with E-state index in [1.807, 2.05) is 5.48 Å². The molecule has 6 heteroatoms. The van der Waals surface area contributed by atoms with E-state index in [1.54, 1.807) is 38.1 Å². The lowest BCUT2D eigenvalue weighted by molar-refractivity contribution is -0.124. The van der Waals surface area contributed by atoms with Crippen molar-refractivity contribution in [2.75, 3.05) is 5.01 Å². The number of carbonyl (C=O) groups is 1. The molecular formula is C11H12ClN3O2. The molecule has 0 saturated heterocycles. The third-order valence-corrected chi connectivity index (χ3v) is 3.22. The van der Waals surface area contributed by atoms with Gasteiger partial charge in [-0.25, -0.2) is 0 Å². The minimum absolute atomic E-state index is 0.370. The quantitative estimate of drug-likeness (QED) is 0.790. The van der Waals surface area contributed by atoms with Crippen LogP contribution in [0.3, 0.4) is 0 Å². The summed E-state index contributed by atoms with van der Waals surface area (Å²) in [5.41, 5.74) is 1.77. The highest BCUT2D eigenvalue weighted by Gasteiger charge is 2.46. The van der Waals surface area contributed by atoms with Crippen LogP contribution in [0.15, 0.2) is 29.4 Å². The minimum Gasteiger partial charge on any atom is -0.315 e. The molecule has 0 bridgehead atoms. The highest BCUT2D eigenvalue weighted by Crippen LogP contribution is 2.31. The summed E-state index contributed by atoms with van der Waals surface area (Å²) in [5, 5.41) is 14.8. The molecule has 0 aliphatic carbocycles. The number of hydroxylamine groups is 1. The SMILES string of the molecule is CC1=NN(c2ccccc2Cl)C(=O)C1(C)NO. The minimum atomic E-state index is -1.20. The summed E-state index contributed by atoms with van der Waals surface area (Å²) in [6.07, 6.45) is 0. The molecule has 5 nitrogen and oxygen atoms in total. The first-order valence-corrected chi connectivity index (χ1v) is 5.44. The van der Waals surface area contributed by atoms with E-state index in [9.17, 15) is 4.79 Å². The van der Waals surface area contributed by atoms with E-state index in [0.29, 0.717) is 16.4 Å². The molecule has 0 fully saturated rings. The van der Waals surface area contributed by atoms with E-state index in [1.165, 1.54) is 5.01 Å². The van der Waals surface area contributed by atoms with Gasteiger partial charge in [-0.15, -0.1) is 0 Å². The van der Waals surface area contributed by atoms with Crippen molar-refractivity contribution in [2.45, 2.75) is 19.4 Å². The van der Waals surface area contributed by atoms with Crippen LogP contribution in [-0.2, 0) is 4.79 Å². The zero-order valence-corrected chi connectivity index (χ0v) is 10.2. The molecule has 0 aromatic heterocycles. The van der Waals surface area contributed by atoms with Gasteiger partial charge in [-0.1, -0.05) is 23.7 Å². The molecule has 1 aliphatic heterocycles. The molecule has 1 aromatic rings. The molecule has 1 aromatic carbocycles. The van der Waals surface area contributed by atoms with Gasteiger partial charge in [0.05, 0.1) is 16.4 Å². The molecule has 1 heterocycles. The van der Waals surface area contributed by atoms with E-state index < -0.39 is 5.54 Å². The monoisotopic (exact) mass is 253 g/mol. The van der Waals surface area contributed by atoms with Gasteiger partial charge in [0.2, 0.25) is 0 Å². The average Bonchev–Trinajstić information content (AvgIpc) is 2.55. The maximum Gasteiger partial charge on any atom is 0.275 e. The normalized spacial score (nSPS) is 24.1. The van der Waals surface area contributed by atoms with Crippen molar-refractivity contribution in [1.82, 2.24) is 5.48 Å². The van der Waals surface area contributed by atoms with Gasteiger partial charge in [-0.2, -0.15) is 15.6 Å². The van der Waals surface area contributed by atoms with Crippen molar-refractivity contribution in [2.24, 2.45) is 5.10 Å². The van der Waals surface area contributed by atoms with Crippen molar-refractivity contribution in [3.05, 3.63) is 29.3 Å². The van der Waals surface area contributed by atoms with Gasteiger partial charge in [0.1, 0.15) is 0 Å². The Kier molecular flexibility index (Phi) is 2.91. The second-order valence-corrected chi connectivity index (χ2v) is 4.40. The first kappa shape index (κ1) is 12.0. The fraction of sp³-hybridized carbons (Fsp3) is 0.273. The fourth-order valence-electron chi connectivity index (χ4n) is 1.58. The molecule has 1 unspecified atom stereocenters. The summed E-state index contributed by atoms with van der Waals surface area (Å²) < 4.78 is 0. The Bertz CT molecular complexity index is 503. The molecule has 0 spiro atoms. The van der Waals surface area contributed by atoms with Gasteiger partial charge in [0, 0.05) is 0 Å². The molecule has 0 radical (unpaired) electrons. The summed E-state index contributed by atoms with van der Waals surface area (Å²) in [4.78, 5) is 12.2. The van der Waals surface area contributed by atoms with Crippen LogP contribution in [0.4, 0.5) is 5.69 Å². The van der Waals surface area contributed by atoms with Crippen molar-refractivity contribution in [3.8, 4) is 0 Å². The maximum absolute atomic E-state index is 12.2. The van der Waals surface area contributed by atoms with E-state index in [0.717, 1.165) is 0 Å². The number of halogens is 1. The lowest BCUT2D eigenvalue weighted by atomic mass is 9.98. The first-order chi connectivity index (χ1) is 8.00. The number of amides is 1. The molecule has 1 amide bonds. The smallest absolute Gasteiger partial charge is 0.275 e. The number of hydrogen-bond acceptors (Lipinski definition) is 4. The number of hydrazone groups is 1. The Morgan fingerprint density at radius 3 is 2.65 bits per heavy atom. The molecular weight excluding hydrogens is 242 g/mol. The zero-order valence-electron chi connectivity index (χ0n) is 9.44. The molecule has 1 atom stereocenters. The highest BCUT2D eigenvalue weighted by molar-refractivity contribution is 6.34. The predicted octanol–water partition coefficient (Wildman–Crippen LogP) is 1.80. The highest BCUT2D eigenvalue weighted by atomic mass is 35.5. The van der Waals surface area contributed by atoms with Gasteiger partial charge in [0.25, 0.3) is 5.91 Å². The second-order valence-electron chi connectivity index (χ2n) is 3.99. The standard InChI is InChI=1S/C11H12ClN3O2/c1-7-11(2,14-17)10(16)15(13-7)9-6-4-3-5-8(9)12/h3-6,14,17H,1-2H3. The summed E-state index contributed by atoms with van der Waals surface area (Å²) in [7, 11) is 0. The number of rotatable bonds is 2. The van der Waals surface area contributed by atoms with Crippen LogP contribution in [-0.4, -0.2) is 22.4 Å². The maximum atomic E-state index is 12.2. The lowest BCUT2D eigenvalue weighted by Crippen LogP contribution is -2.53. The molecule has 2 N–H and O–H groups in total. The van der Waals surface area contributed by atoms with Crippen molar-refractivity contribution >= 4 is 28.9 Å². The summed E-state index contributed by atoms with van der Waals surface area (Å²) >= 11 is 6.01. The molecule has 17 heavy (non-hydrogen) atoms. The van der Waals surface area contributed by atoms with Crippen LogP contribution in [0.2, 0.25) is 5.02 Å².